The number of aliphatic hydroxyl groups is 1. The van der Waals surface area contributed by atoms with Crippen LogP contribution in [0.5, 0.6) is 0 Å². The van der Waals surface area contributed by atoms with E-state index in [9.17, 15) is 9.90 Å². The van der Waals surface area contributed by atoms with Crippen molar-refractivity contribution in [1.82, 2.24) is 5.32 Å². The van der Waals surface area contributed by atoms with Crippen molar-refractivity contribution in [3.8, 4) is 0 Å². The number of methoxy groups -OCH3 is 1. The van der Waals surface area contributed by atoms with Gasteiger partial charge in [0, 0.05) is 6.54 Å². The van der Waals surface area contributed by atoms with Gasteiger partial charge in [-0.15, -0.1) is 0 Å². The molecule has 0 rings (SSSR count). The van der Waals surface area contributed by atoms with Crippen molar-refractivity contribution in [3.63, 3.8) is 0 Å². The lowest BCUT2D eigenvalue weighted by atomic mass is 10.1. The maximum Gasteiger partial charge on any atom is 0.406 e. The maximum atomic E-state index is 10.5. The van der Waals surface area contributed by atoms with E-state index < -0.39 is 12.2 Å². The molecular formula is C7H15NO3. The molecule has 0 aromatic carbocycles. The number of alkyl carbamates (subject to hydrolysis) is 1. The molecule has 0 aliphatic carbocycles. The van der Waals surface area contributed by atoms with E-state index in [1.807, 2.05) is 13.8 Å². The monoisotopic (exact) mass is 161 g/mol. The standard InChI is InChI=1S/C7H15NO3/c1-5(2)6(9)4-8-7(10)11-3/h5-6,9H,4H2,1-3H3,(H,8,10)/t6-/m0/s1. The summed E-state index contributed by atoms with van der Waals surface area (Å²) >= 11 is 0. The Morgan fingerprint density at radius 1 is 1.64 bits per heavy atom. The number of carbonyl (C=O) groups excluding carboxylic acids is 1. The Morgan fingerprint density at radius 3 is 2.55 bits per heavy atom. The van der Waals surface area contributed by atoms with Crippen LogP contribution in [0, 0.1) is 5.92 Å². The summed E-state index contributed by atoms with van der Waals surface area (Å²) in [6, 6.07) is 0. The molecular weight excluding hydrogens is 146 g/mol. The van der Waals surface area contributed by atoms with E-state index in [0.29, 0.717) is 0 Å². The minimum absolute atomic E-state index is 0.146. The molecule has 0 aliphatic heterocycles. The molecule has 0 fully saturated rings. The molecule has 0 heterocycles. The number of ether oxygens (including phenoxy) is 1. The molecule has 4 nitrogen and oxygen atoms in total. The first-order valence-electron chi connectivity index (χ1n) is 3.57. The number of hydrogen-bond acceptors (Lipinski definition) is 3. The zero-order chi connectivity index (χ0) is 8.85. The number of hydrogen-bond donors (Lipinski definition) is 2. The molecule has 2 N–H and O–H groups in total. The Balaban J connectivity index is 3.45. The molecule has 0 aliphatic rings. The molecule has 0 unspecified atom stereocenters. The van der Waals surface area contributed by atoms with Gasteiger partial charge in [0.05, 0.1) is 13.2 Å². The van der Waals surface area contributed by atoms with Gasteiger partial charge in [0.2, 0.25) is 0 Å². The van der Waals surface area contributed by atoms with Crippen LogP contribution in [0.2, 0.25) is 0 Å². The fourth-order valence-electron chi connectivity index (χ4n) is 0.496. The smallest absolute Gasteiger partial charge is 0.406 e. The molecule has 11 heavy (non-hydrogen) atoms. The molecule has 0 radical (unpaired) electrons. The molecule has 0 saturated carbocycles. The van der Waals surface area contributed by atoms with E-state index in [1.54, 1.807) is 0 Å². The lowest BCUT2D eigenvalue weighted by molar-refractivity contribution is 0.115. The Labute approximate surface area is 66.5 Å². The third kappa shape index (κ3) is 4.61. The Morgan fingerprint density at radius 2 is 2.18 bits per heavy atom. The van der Waals surface area contributed by atoms with Gasteiger partial charge in [-0.25, -0.2) is 4.79 Å². The van der Waals surface area contributed by atoms with Crippen LogP contribution < -0.4 is 5.32 Å². The second-order valence-corrected chi connectivity index (χ2v) is 2.68. The summed E-state index contributed by atoms with van der Waals surface area (Å²) < 4.78 is 4.32. The highest BCUT2D eigenvalue weighted by Gasteiger charge is 2.09. The van der Waals surface area contributed by atoms with Crippen LogP contribution in [0.3, 0.4) is 0 Å². The molecule has 0 saturated heterocycles. The highest BCUT2D eigenvalue weighted by molar-refractivity contribution is 5.66. The molecule has 0 aromatic rings. The largest absolute Gasteiger partial charge is 0.453 e. The van der Waals surface area contributed by atoms with Gasteiger partial charge in [0.1, 0.15) is 0 Å². The second-order valence-electron chi connectivity index (χ2n) is 2.68. The van der Waals surface area contributed by atoms with Gasteiger partial charge in [-0.3, -0.25) is 0 Å². The normalized spacial score (nSPS) is 12.8. The molecule has 1 amide bonds. The van der Waals surface area contributed by atoms with Crippen molar-refractivity contribution in [2.24, 2.45) is 5.92 Å². The van der Waals surface area contributed by atoms with E-state index in [-0.39, 0.29) is 12.5 Å². The minimum atomic E-state index is -0.510. The van der Waals surface area contributed by atoms with Gasteiger partial charge < -0.3 is 15.2 Å². The summed E-state index contributed by atoms with van der Waals surface area (Å²) in [5.74, 6) is 0.146. The van der Waals surface area contributed by atoms with Gasteiger partial charge in [-0.1, -0.05) is 13.8 Å². The third-order valence-corrected chi connectivity index (χ3v) is 1.41. The summed E-state index contributed by atoms with van der Waals surface area (Å²) in [4.78, 5) is 10.5. The van der Waals surface area contributed by atoms with E-state index >= 15 is 0 Å². The predicted molar refractivity (Wildman–Crippen MR) is 41.3 cm³/mol. The first kappa shape index (κ1) is 10.2. The van der Waals surface area contributed by atoms with Crippen LogP contribution in [0.1, 0.15) is 13.8 Å². The summed E-state index contributed by atoms with van der Waals surface area (Å²) in [6.07, 6.45) is -1.02. The van der Waals surface area contributed by atoms with Crippen LogP contribution in [0.4, 0.5) is 4.79 Å². The lowest BCUT2D eigenvalue weighted by Gasteiger charge is -2.13. The fourth-order valence-corrected chi connectivity index (χ4v) is 0.496. The van der Waals surface area contributed by atoms with E-state index in [1.165, 1.54) is 7.11 Å². The van der Waals surface area contributed by atoms with Crippen molar-refractivity contribution in [2.75, 3.05) is 13.7 Å². The quantitative estimate of drug-likeness (QED) is 0.628. The summed E-state index contributed by atoms with van der Waals surface area (Å²) in [7, 11) is 1.29. The number of rotatable bonds is 3. The molecule has 0 spiro atoms. The molecule has 0 bridgehead atoms. The minimum Gasteiger partial charge on any atom is -0.453 e. The SMILES string of the molecule is COC(=O)NC[C@H](O)C(C)C. The zero-order valence-corrected chi connectivity index (χ0v) is 7.13. The topological polar surface area (TPSA) is 58.6 Å². The highest BCUT2D eigenvalue weighted by atomic mass is 16.5. The van der Waals surface area contributed by atoms with Gasteiger partial charge >= 0.3 is 6.09 Å². The summed E-state index contributed by atoms with van der Waals surface area (Å²) in [5.41, 5.74) is 0. The highest BCUT2D eigenvalue weighted by Crippen LogP contribution is 1.98. The average Bonchev–Trinajstić information content (AvgIpc) is 1.99. The fraction of sp³-hybridized carbons (Fsp3) is 0.857. The van der Waals surface area contributed by atoms with E-state index in [4.69, 9.17) is 0 Å². The van der Waals surface area contributed by atoms with Crippen LogP contribution in [-0.2, 0) is 4.74 Å². The molecule has 66 valence electrons. The second kappa shape index (κ2) is 4.96. The molecule has 4 heteroatoms. The zero-order valence-electron chi connectivity index (χ0n) is 7.13. The van der Waals surface area contributed by atoms with Gasteiger partial charge in [0.15, 0.2) is 0 Å². The van der Waals surface area contributed by atoms with Crippen molar-refractivity contribution in [3.05, 3.63) is 0 Å². The van der Waals surface area contributed by atoms with Crippen molar-refractivity contribution >= 4 is 6.09 Å². The molecule has 0 aromatic heterocycles. The van der Waals surface area contributed by atoms with Gasteiger partial charge in [-0.05, 0) is 5.92 Å². The number of nitrogens with one attached hydrogen (secondary N) is 1. The maximum absolute atomic E-state index is 10.5. The Kier molecular flexibility index (Phi) is 4.61. The van der Waals surface area contributed by atoms with Crippen LogP contribution in [0.15, 0.2) is 0 Å². The lowest BCUT2D eigenvalue weighted by Crippen LogP contribution is -2.34. The van der Waals surface area contributed by atoms with Gasteiger partial charge in [-0.2, -0.15) is 0 Å². The Hall–Kier alpha value is -0.770. The first-order valence-corrected chi connectivity index (χ1v) is 3.57. The van der Waals surface area contributed by atoms with E-state index in [2.05, 4.69) is 10.1 Å². The number of amides is 1. The predicted octanol–water partition coefficient (Wildman–Crippen LogP) is 0.359. The van der Waals surface area contributed by atoms with Crippen LogP contribution in [-0.4, -0.2) is 31.0 Å². The molecule has 1 atom stereocenters. The van der Waals surface area contributed by atoms with E-state index in [0.717, 1.165) is 0 Å². The van der Waals surface area contributed by atoms with Crippen molar-refractivity contribution < 1.29 is 14.6 Å². The van der Waals surface area contributed by atoms with Crippen LogP contribution in [0.25, 0.3) is 0 Å². The number of carbonyl (C=O) groups is 1. The Bertz CT molecular complexity index is 125. The van der Waals surface area contributed by atoms with Crippen molar-refractivity contribution in [1.29, 1.82) is 0 Å². The average molecular weight is 161 g/mol. The van der Waals surface area contributed by atoms with Crippen LogP contribution >= 0.6 is 0 Å². The summed E-state index contributed by atoms with van der Waals surface area (Å²) in [6.45, 7) is 4.00. The number of aliphatic hydroxyl groups excluding tert-OH is 1. The van der Waals surface area contributed by atoms with Crippen molar-refractivity contribution in [2.45, 2.75) is 20.0 Å². The summed E-state index contributed by atoms with van der Waals surface area (Å²) in [5, 5.41) is 11.6. The third-order valence-electron chi connectivity index (χ3n) is 1.41. The van der Waals surface area contributed by atoms with Gasteiger partial charge in [0.25, 0.3) is 0 Å². The first-order chi connectivity index (χ1) is 5.07.